The number of alkyl halides is 3. The van der Waals surface area contributed by atoms with Gasteiger partial charge < -0.3 is 10.1 Å². The van der Waals surface area contributed by atoms with Crippen molar-refractivity contribution in [2.75, 3.05) is 6.54 Å². The molecular weight excluding hydrogens is 267 g/mol. The van der Waals surface area contributed by atoms with E-state index in [1.54, 1.807) is 12.1 Å². The van der Waals surface area contributed by atoms with Crippen LogP contribution < -0.4 is 10.1 Å². The SMILES string of the molecule is C=C(C)CC(NCCC)c1ccc(OC(F)(F)F)cc1. The molecule has 0 spiro atoms. The van der Waals surface area contributed by atoms with Gasteiger partial charge in [0.05, 0.1) is 0 Å². The number of hydrogen-bond acceptors (Lipinski definition) is 2. The van der Waals surface area contributed by atoms with Crippen molar-refractivity contribution in [1.29, 1.82) is 0 Å². The van der Waals surface area contributed by atoms with E-state index in [4.69, 9.17) is 0 Å². The van der Waals surface area contributed by atoms with E-state index in [9.17, 15) is 13.2 Å². The zero-order valence-electron chi connectivity index (χ0n) is 11.8. The van der Waals surface area contributed by atoms with Gasteiger partial charge in [-0.05, 0) is 44.0 Å². The molecule has 0 radical (unpaired) electrons. The van der Waals surface area contributed by atoms with Crippen LogP contribution in [0.3, 0.4) is 0 Å². The van der Waals surface area contributed by atoms with Gasteiger partial charge in [-0.25, -0.2) is 0 Å². The molecule has 0 heterocycles. The normalized spacial score (nSPS) is 13.1. The van der Waals surface area contributed by atoms with Gasteiger partial charge in [-0.15, -0.1) is 19.8 Å². The smallest absolute Gasteiger partial charge is 0.406 e. The first kappa shape index (κ1) is 16.6. The maximum absolute atomic E-state index is 12.1. The molecule has 0 aliphatic heterocycles. The lowest BCUT2D eigenvalue weighted by Gasteiger charge is -2.19. The standard InChI is InChI=1S/C15H20F3NO/c1-4-9-19-14(10-11(2)3)12-5-7-13(8-6-12)20-15(16,17)18/h5-8,14,19H,2,4,9-10H2,1,3H3. The predicted octanol–water partition coefficient (Wildman–Crippen LogP) is 4.59. The second-order valence-electron chi connectivity index (χ2n) is 4.78. The van der Waals surface area contributed by atoms with E-state index in [0.717, 1.165) is 30.5 Å². The van der Waals surface area contributed by atoms with Crippen LogP contribution >= 0.6 is 0 Å². The van der Waals surface area contributed by atoms with Gasteiger partial charge in [0.1, 0.15) is 5.75 Å². The summed E-state index contributed by atoms with van der Waals surface area (Å²) < 4.78 is 40.1. The predicted molar refractivity (Wildman–Crippen MR) is 73.6 cm³/mol. The first-order chi connectivity index (χ1) is 9.31. The highest BCUT2D eigenvalue weighted by Crippen LogP contribution is 2.26. The topological polar surface area (TPSA) is 21.3 Å². The van der Waals surface area contributed by atoms with Gasteiger partial charge in [-0.1, -0.05) is 24.6 Å². The number of hydrogen-bond donors (Lipinski definition) is 1. The van der Waals surface area contributed by atoms with E-state index < -0.39 is 6.36 Å². The molecule has 1 atom stereocenters. The number of nitrogens with one attached hydrogen (secondary N) is 1. The molecule has 0 aliphatic carbocycles. The molecule has 112 valence electrons. The van der Waals surface area contributed by atoms with Gasteiger partial charge in [-0.2, -0.15) is 0 Å². The maximum atomic E-state index is 12.1. The molecule has 1 aromatic carbocycles. The van der Waals surface area contributed by atoms with Crippen LogP contribution in [0.15, 0.2) is 36.4 Å². The molecule has 0 amide bonds. The number of benzene rings is 1. The van der Waals surface area contributed by atoms with Crippen LogP contribution in [0.4, 0.5) is 13.2 Å². The highest BCUT2D eigenvalue weighted by Gasteiger charge is 2.31. The molecule has 0 fully saturated rings. The third-order valence-corrected chi connectivity index (χ3v) is 2.71. The van der Waals surface area contributed by atoms with Crippen LogP contribution in [0.25, 0.3) is 0 Å². The second-order valence-corrected chi connectivity index (χ2v) is 4.78. The molecular formula is C15H20F3NO. The van der Waals surface area contributed by atoms with Gasteiger partial charge in [0.2, 0.25) is 0 Å². The molecule has 20 heavy (non-hydrogen) atoms. The Morgan fingerprint density at radius 1 is 1.30 bits per heavy atom. The maximum Gasteiger partial charge on any atom is 0.573 e. The zero-order valence-corrected chi connectivity index (χ0v) is 11.8. The molecule has 0 aromatic heterocycles. The van der Waals surface area contributed by atoms with Crippen molar-refractivity contribution in [2.45, 2.75) is 39.1 Å². The van der Waals surface area contributed by atoms with Crippen molar-refractivity contribution in [3.05, 3.63) is 42.0 Å². The molecule has 1 aromatic rings. The van der Waals surface area contributed by atoms with Crippen molar-refractivity contribution < 1.29 is 17.9 Å². The van der Waals surface area contributed by atoms with E-state index in [2.05, 4.69) is 23.6 Å². The minimum absolute atomic E-state index is 0.0624. The van der Waals surface area contributed by atoms with E-state index >= 15 is 0 Å². The Bertz CT molecular complexity index is 426. The van der Waals surface area contributed by atoms with Crippen molar-refractivity contribution in [1.82, 2.24) is 5.32 Å². The van der Waals surface area contributed by atoms with Crippen LogP contribution in [0.5, 0.6) is 5.75 Å². The summed E-state index contributed by atoms with van der Waals surface area (Å²) in [5.74, 6) is -0.203. The Hall–Kier alpha value is -1.49. The minimum Gasteiger partial charge on any atom is -0.406 e. The monoisotopic (exact) mass is 287 g/mol. The zero-order chi connectivity index (χ0) is 15.2. The van der Waals surface area contributed by atoms with Crippen LogP contribution in [-0.2, 0) is 0 Å². The Morgan fingerprint density at radius 2 is 1.90 bits per heavy atom. The van der Waals surface area contributed by atoms with E-state index in [-0.39, 0.29) is 11.8 Å². The number of ether oxygens (including phenoxy) is 1. The minimum atomic E-state index is -4.65. The fraction of sp³-hybridized carbons (Fsp3) is 0.467. The largest absolute Gasteiger partial charge is 0.573 e. The lowest BCUT2D eigenvalue weighted by atomic mass is 10.00. The molecule has 2 nitrogen and oxygen atoms in total. The Morgan fingerprint density at radius 3 is 2.35 bits per heavy atom. The summed E-state index contributed by atoms with van der Waals surface area (Å²) in [7, 11) is 0. The van der Waals surface area contributed by atoms with E-state index in [1.807, 2.05) is 6.92 Å². The van der Waals surface area contributed by atoms with Crippen LogP contribution in [0, 0.1) is 0 Å². The van der Waals surface area contributed by atoms with Gasteiger partial charge in [0.15, 0.2) is 0 Å². The highest BCUT2D eigenvalue weighted by molar-refractivity contribution is 5.30. The summed E-state index contributed by atoms with van der Waals surface area (Å²) in [5.41, 5.74) is 1.95. The lowest BCUT2D eigenvalue weighted by molar-refractivity contribution is -0.274. The Balaban J connectivity index is 2.78. The van der Waals surface area contributed by atoms with Crippen molar-refractivity contribution in [2.24, 2.45) is 0 Å². The van der Waals surface area contributed by atoms with Gasteiger partial charge in [0, 0.05) is 6.04 Å². The van der Waals surface area contributed by atoms with Crippen molar-refractivity contribution >= 4 is 0 Å². The summed E-state index contributed by atoms with van der Waals surface area (Å²) in [4.78, 5) is 0. The third kappa shape index (κ3) is 6.10. The average molecular weight is 287 g/mol. The highest BCUT2D eigenvalue weighted by atomic mass is 19.4. The van der Waals surface area contributed by atoms with E-state index in [0.29, 0.717) is 0 Å². The summed E-state index contributed by atoms with van der Waals surface area (Å²) in [6.45, 7) is 8.72. The summed E-state index contributed by atoms with van der Waals surface area (Å²) in [6, 6.07) is 6.03. The number of halogens is 3. The fourth-order valence-corrected chi connectivity index (χ4v) is 1.88. The quantitative estimate of drug-likeness (QED) is 0.740. The molecule has 0 saturated heterocycles. The first-order valence-corrected chi connectivity index (χ1v) is 6.55. The number of rotatable bonds is 7. The van der Waals surface area contributed by atoms with Gasteiger partial charge >= 0.3 is 6.36 Å². The van der Waals surface area contributed by atoms with Gasteiger partial charge in [0.25, 0.3) is 0 Å². The summed E-state index contributed by atoms with van der Waals surface area (Å²) in [6.07, 6.45) is -2.92. The summed E-state index contributed by atoms with van der Waals surface area (Å²) in [5, 5.41) is 3.36. The molecule has 5 heteroatoms. The van der Waals surface area contributed by atoms with Crippen LogP contribution in [0.2, 0.25) is 0 Å². The molecule has 0 saturated carbocycles. The average Bonchev–Trinajstić information content (AvgIpc) is 2.33. The van der Waals surface area contributed by atoms with Crippen molar-refractivity contribution in [3.8, 4) is 5.75 Å². The molecule has 1 unspecified atom stereocenters. The molecule has 0 bridgehead atoms. The van der Waals surface area contributed by atoms with Gasteiger partial charge in [-0.3, -0.25) is 0 Å². The molecule has 0 aliphatic rings. The Labute approximate surface area is 117 Å². The van der Waals surface area contributed by atoms with Crippen molar-refractivity contribution in [3.63, 3.8) is 0 Å². The third-order valence-electron chi connectivity index (χ3n) is 2.71. The first-order valence-electron chi connectivity index (χ1n) is 6.55. The summed E-state index contributed by atoms with van der Waals surface area (Å²) >= 11 is 0. The second kappa shape index (κ2) is 7.33. The Kier molecular flexibility index (Phi) is 6.07. The van der Waals surface area contributed by atoms with E-state index in [1.165, 1.54) is 12.1 Å². The van der Waals surface area contributed by atoms with Crippen LogP contribution in [-0.4, -0.2) is 12.9 Å². The van der Waals surface area contributed by atoms with Crippen LogP contribution in [0.1, 0.15) is 38.3 Å². The molecule has 1 N–H and O–H groups in total. The molecule has 1 rings (SSSR count). The lowest BCUT2D eigenvalue weighted by Crippen LogP contribution is -2.22. The fourth-order valence-electron chi connectivity index (χ4n) is 1.88.